The second-order valence-electron chi connectivity index (χ2n) is 6.52. The molecule has 0 saturated carbocycles. The van der Waals surface area contributed by atoms with Crippen LogP contribution in [0.5, 0.6) is 0 Å². The molecule has 1 aliphatic heterocycles. The summed E-state index contributed by atoms with van der Waals surface area (Å²) in [4.78, 5) is 18.7. The molecule has 1 fully saturated rings. The third-order valence-electron chi connectivity index (χ3n) is 4.76. The Kier molecular flexibility index (Phi) is 6.63. The van der Waals surface area contributed by atoms with Gasteiger partial charge in [-0.1, -0.05) is 12.1 Å². The van der Waals surface area contributed by atoms with Crippen LogP contribution in [0.2, 0.25) is 0 Å². The highest BCUT2D eigenvalue weighted by Gasteiger charge is 2.20. The minimum absolute atomic E-state index is 0.0608. The molecule has 0 aliphatic carbocycles. The van der Waals surface area contributed by atoms with Crippen molar-refractivity contribution in [3.63, 3.8) is 0 Å². The molecule has 0 radical (unpaired) electrons. The lowest BCUT2D eigenvalue weighted by Gasteiger charge is -2.32. The lowest BCUT2D eigenvalue weighted by molar-refractivity contribution is 0.0913. The predicted octanol–water partition coefficient (Wildman–Crippen LogP) is 3.44. The van der Waals surface area contributed by atoms with E-state index in [9.17, 15) is 9.18 Å². The van der Waals surface area contributed by atoms with Gasteiger partial charge in [-0.25, -0.2) is 4.39 Å². The Bertz CT molecular complexity index is 730. The van der Waals surface area contributed by atoms with E-state index < -0.39 is 0 Å². The Balaban J connectivity index is 1.55. The summed E-state index contributed by atoms with van der Waals surface area (Å²) in [5, 5.41) is 3.13. The van der Waals surface area contributed by atoms with Gasteiger partial charge >= 0.3 is 0 Å². The second kappa shape index (κ2) is 9.14. The van der Waals surface area contributed by atoms with E-state index >= 15 is 0 Å². The molecule has 26 heavy (non-hydrogen) atoms. The van der Waals surface area contributed by atoms with Gasteiger partial charge < -0.3 is 10.2 Å². The van der Waals surface area contributed by atoms with Crippen LogP contribution < -0.4 is 5.32 Å². The van der Waals surface area contributed by atoms with Gasteiger partial charge in [-0.05, 0) is 42.9 Å². The van der Waals surface area contributed by atoms with Crippen molar-refractivity contribution in [1.82, 2.24) is 15.2 Å². The van der Waals surface area contributed by atoms with Crippen LogP contribution in [0.15, 0.2) is 42.7 Å². The summed E-state index contributed by atoms with van der Waals surface area (Å²) >= 11 is 1.87. The smallest absolute Gasteiger partial charge is 0.251 e. The zero-order chi connectivity index (χ0) is 18.4. The summed E-state index contributed by atoms with van der Waals surface area (Å²) in [6.45, 7) is 3.19. The number of aromatic nitrogens is 1. The normalized spacial score (nSPS) is 15.8. The molecule has 1 aliphatic rings. The number of carbonyl (C=O) groups is 1. The first-order chi connectivity index (χ1) is 12.7. The van der Waals surface area contributed by atoms with Crippen molar-refractivity contribution in [1.29, 1.82) is 0 Å². The quantitative estimate of drug-likeness (QED) is 0.842. The lowest BCUT2D eigenvalue weighted by Crippen LogP contribution is -2.45. The molecular formula is C20H24FN3OS. The van der Waals surface area contributed by atoms with Gasteiger partial charge in [0.15, 0.2) is 0 Å². The lowest BCUT2D eigenvalue weighted by atomic mass is 10.0. The maximum atomic E-state index is 13.8. The van der Waals surface area contributed by atoms with Crippen LogP contribution in [0.1, 0.15) is 23.2 Å². The van der Waals surface area contributed by atoms with Crippen LogP contribution >= 0.6 is 11.8 Å². The number of hydrogen-bond acceptors (Lipinski definition) is 4. The van der Waals surface area contributed by atoms with Gasteiger partial charge in [-0.3, -0.25) is 9.78 Å². The molecule has 138 valence electrons. The van der Waals surface area contributed by atoms with Gasteiger partial charge in [0.05, 0.1) is 6.20 Å². The van der Waals surface area contributed by atoms with E-state index in [0.717, 1.165) is 43.8 Å². The van der Waals surface area contributed by atoms with Crippen molar-refractivity contribution in [2.45, 2.75) is 18.9 Å². The molecule has 0 atom stereocenters. The molecule has 1 amide bonds. The number of piperidine rings is 1. The average molecular weight is 373 g/mol. The molecule has 1 saturated heterocycles. The van der Waals surface area contributed by atoms with Crippen LogP contribution in [0, 0.1) is 5.82 Å². The first-order valence-electron chi connectivity index (χ1n) is 8.89. The van der Waals surface area contributed by atoms with Crippen LogP contribution in [-0.2, 0) is 0 Å². The molecule has 0 spiro atoms. The van der Waals surface area contributed by atoms with Crippen molar-refractivity contribution < 1.29 is 9.18 Å². The van der Waals surface area contributed by atoms with Crippen molar-refractivity contribution in [2.24, 2.45) is 0 Å². The molecule has 1 aromatic carbocycles. The van der Waals surface area contributed by atoms with E-state index in [-0.39, 0.29) is 17.8 Å². The van der Waals surface area contributed by atoms with Gasteiger partial charge in [0.25, 0.3) is 5.91 Å². The predicted molar refractivity (Wildman–Crippen MR) is 105 cm³/mol. The molecule has 3 rings (SSSR count). The number of nitrogens with one attached hydrogen (secondary N) is 1. The van der Waals surface area contributed by atoms with Crippen LogP contribution in [-0.4, -0.2) is 53.5 Å². The first kappa shape index (κ1) is 18.9. The van der Waals surface area contributed by atoms with Crippen molar-refractivity contribution in [3.05, 3.63) is 54.1 Å². The number of hydrogen-bond donors (Lipinski definition) is 1. The van der Waals surface area contributed by atoms with Gasteiger partial charge in [-0.2, -0.15) is 11.8 Å². The molecule has 2 heterocycles. The highest BCUT2D eigenvalue weighted by atomic mass is 32.2. The standard InChI is InChI=1S/C20H24FN3OS/c1-26-13-12-24-10-7-17(8-11-24)23-20(25)16-4-2-15(3-5-16)18-6-9-22-14-19(18)21/h2-6,9,14,17H,7-8,10-13H2,1H3,(H,23,25). The van der Waals surface area contributed by atoms with E-state index in [2.05, 4.69) is 21.5 Å². The van der Waals surface area contributed by atoms with Gasteiger partial charge in [-0.15, -0.1) is 0 Å². The zero-order valence-corrected chi connectivity index (χ0v) is 15.8. The third-order valence-corrected chi connectivity index (χ3v) is 5.36. The highest BCUT2D eigenvalue weighted by molar-refractivity contribution is 7.98. The molecule has 1 aromatic heterocycles. The number of likely N-dealkylation sites (tertiary alicyclic amines) is 1. The maximum absolute atomic E-state index is 13.8. The number of carbonyl (C=O) groups excluding carboxylic acids is 1. The first-order valence-corrected chi connectivity index (χ1v) is 10.3. The van der Waals surface area contributed by atoms with E-state index in [4.69, 9.17) is 0 Å². The zero-order valence-electron chi connectivity index (χ0n) is 15.0. The van der Waals surface area contributed by atoms with Gasteiger partial charge in [0.1, 0.15) is 5.82 Å². The van der Waals surface area contributed by atoms with Crippen molar-refractivity contribution >= 4 is 17.7 Å². The highest BCUT2D eigenvalue weighted by Crippen LogP contribution is 2.22. The number of rotatable bonds is 6. The summed E-state index contributed by atoms with van der Waals surface area (Å²) in [6, 6.07) is 8.91. The monoisotopic (exact) mass is 373 g/mol. The molecule has 0 bridgehead atoms. The number of pyridine rings is 1. The summed E-state index contributed by atoms with van der Waals surface area (Å²) in [6.07, 6.45) is 6.86. The molecule has 2 aromatic rings. The molecule has 4 nitrogen and oxygen atoms in total. The second-order valence-corrected chi connectivity index (χ2v) is 7.50. The average Bonchev–Trinajstić information content (AvgIpc) is 2.68. The minimum Gasteiger partial charge on any atom is -0.349 e. The van der Waals surface area contributed by atoms with Crippen LogP contribution in [0.3, 0.4) is 0 Å². The topological polar surface area (TPSA) is 45.2 Å². The third kappa shape index (κ3) is 4.83. The number of amides is 1. The number of thioether (sulfide) groups is 1. The fraction of sp³-hybridized carbons (Fsp3) is 0.400. The fourth-order valence-electron chi connectivity index (χ4n) is 3.20. The van der Waals surface area contributed by atoms with Crippen molar-refractivity contribution in [2.75, 3.05) is 31.6 Å². The summed E-state index contributed by atoms with van der Waals surface area (Å²) < 4.78 is 13.8. The SMILES string of the molecule is CSCCN1CCC(NC(=O)c2ccc(-c3ccncc3F)cc2)CC1. The molecule has 1 N–H and O–H groups in total. The molecular weight excluding hydrogens is 349 g/mol. The molecule has 6 heteroatoms. The van der Waals surface area contributed by atoms with Crippen molar-refractivity contribution in [3.8, 4) is 11.1 Å². The van der Waals surface area contributed by atoms with Gasteiger partial charge in [0, 0.05) is 48.8 Å². The Hall–Kier alpha value is -1.92. The summed E-state index contributed by atoms with van der Waals surface area (Å²) in [7, 11) is 0. The Morgan fingerprint density at radius 2 is 2.00 bits per heavy atom. The Labute approximate surface area is 158 Å². The van der Waals surface area contributed by atoms with Gasteiger partial charge in [0.2, 0.25) is 0 Å². The van der Waals surface area contributed by atoms with Crippen LogP contribution in [0.4, 0.5) is 4.39 Å². The fourth-order valence-corrected chi connectivity index (χ4v) is 3.64. The Morgan fingerprint density at radius 1 is 1.27 bits per heavy atom. The summed E-state index contributed by atoms with van der Waals surface area (Å²) in [5.74, 6) is 0.730. The molecule has 0 unspecified atom stereocenters. The van der Waals surface area contributed by atoms with E-state index in [1.54, 1.807) is 36.5 Å². The van der Waals surface area contributed by atoms with Crippen LogP contribution in [0.25, 0.3) is 11.1 Å². The minimum atomic E-state index is -0.363. The van der Waals surface area contributed by atoms with E-state index in [1.807, 2.05) is 11.8 Å². The maximum Gasteiger partial charge on any atom is 0.251 e. The summed E-state index contributed by atoms with van der Waals surface area (Å²) in [5.41, 5.74) is 1.83. The van der Waals surface area contributed by atoms with E-state index in [1.165, 1.54) is 6.20 Å². The number of nitrogens with zero attached hydrogens (tertiary/aromatic N) is 2. The number of benzene rings is 1. The number of halogens is 1. The largest absolute Gasteiger partial charge is 0.349 e. The van der Waals surface area contributed by atoms with E-state index in [0.29, 0.717) is 11.1 Å². The Morgan fingerprint density at radius 3 is 2.65 bits per heavy atom.